The maximum atomic E-state index is 5.37. The molecule has 2 aliphatic carbocycles. The largest absolute Gasteiger partial charge is 0.383 e. The summed E-state index contributed by atoms with van der Waals surface area (Å²) in [6, 6.07) is 2.29. The highest BCUT2D eigenvalue weighted by molar-refractivity contribution is 4.97. The predicted octanol–water partition coefficient (Wildman–Crippen LogP) is 3.43. The first-order valence-electron chi connectivity index (χ1n) is 9.28. The molecule has 3 atom stereocenters. The Labute approximate surface area is 131 Å². The Balaban J connectivity index is 1.98. The monoisotopic (exact) mass is 296 g/mol. The molecule has 0 saturated heterocycles. The molecule has 1 N–H and O–H groups in total. The highest BCUT2D eigenvalue weighted by atomic mass is 16.5. The van der Waals surface area contributed by atoms with Gasteiger partial charge in [-0.15, -0.1) is 0 Å². The molecule has 0 spiro atoms. The normalized spacial score (nSPS) is 30.0. The Bertz CT molecular complexity index is 280. The maximum Gasteiger partial charge on any atom is 0.0589 e. The summed E-state index contributed by atoms with van der Waals surface area (Å²) in [7, 11) is 1.83. The van der Waals surface area contributed by atoms with Crippen molar-refractivity contribution in [3.63, 3.8) is 0 Å². The number of hydrogen-bond acceptors (Lipinski definition) is 3. The number of nitrogens with zero attached hydrogens (tertiary/aromatic N) is 1. The van der Waals surface area contributed by atoms with Crippen molar-refractivity contribution in [1.29, 1.82) is 0 Å². The van der Waals surface area contributed by atoms with Gasteiger partial charge in [0.2, 0.25) is 0 Å². The Morgan fingerprint density at radius 1 is 1.10 bits per heavy atom. The third kappa shape index (κ3) is 5.22. The van der Waals surface area contributed by atoms with Crippen molar-refractivity contribution >= 4 is 0 Å². The summed E-state index contributed by atoms with van der Waals surface area (Å²) in [5.74, 6) is 0.948. The smallest absolute Gasteiger partial charge is 0.0589 e. The highest BCUT2D eigenvalue weighted by Crippen LogP contribution is 2.36. The Kier molecular flexibility index (Phi) is 7.48. The topological polar surface area (TPSA) is 24.5 Å². The minimum Gasteiger partial charge on any atom is -0.383 e. The summed E-state index contributed by atoms with van der Waals surface area (Å²) in [5.41, 5.74) is 0. The van der Waals surface area contributed by atoms with Gasteiger partial charge in [-0.05, 0) is 51.0 Å². The summed E-state index contributed by atoms with van der Waals surface area (Å²) >= 11 is 0. The van der Waals surface area contributed by atoms with Crippen LogP contribution in [0.25, 0.3) is 0 Å². The first-order chi connectivity index (χ1) is 10.3. The van der Waals surface area contributed by atoms with Crippen LogP contribution < -0.4 is 5.32 Å². The lowest BCUT2D eigenvalue weighted by Gasteiger charge is -2.43. The van der Waals surface area contributed by atoms with Gasteiger partial charge >= 0.3 is 0 Å². The molecule has 2 rings (SSSR count). The van der Waals surface area contributed by atoms with Crippen molar-refractivity contribution in [3.05, 3.63) is 0 Å². The van der Waals surface area contributed by atoms with Crippen molar-refractivity contribution in [1.82, 2.24) is 10.2 Å². The lowest BCUT2D eigenvalue weighted by atomic mass is 9.79. The van der Waals surface area contributed by atoms with Gasteiger partial charge in [0.05, 0.1) is 6.61 Å². The van der Waals surface area contributed by atoms with Crippen molar-refractivity contribution in [2.24, 2.45) is 5.92 Å². The molecule has 0 radical (unpaired) electrons. The molecule has 3 heteroatoms. The number of rotatable bonds is 10. The molecule has 3 unspecified atom stereocenters. The standard InChI is InChI=1S/C18H36N2O/c1-4-6-15-7-10-17(19-11-5-2)18(14-15)20(12-13-21-3)16-8-9-16/h15-19H,4-14H2,1-3H3. The van der Waals surface area contributed by atoms with E-state index < -0.39 is 0 Å². The lowest BCUT2D eigenvalue weighted by Crippen LogP contribution is -2.55. The summed E-state index contributed by atoms with van der Waals surface area (Å²) < 4.78 is 5.37. The zero-order chi connectivity index (χ0) is 15.1. The van der Waals surface area contributed by atoms with Gasteiger partial charge in [0.15, 0.2) is 0 Å². The minimum absolute atomic E-state index is 0.704. The fraction of sp³-hybridized carbons (Fsp3) is 1.00. The van der Waals surface area contributed by atoms with Gasteiger partial charge in [0.1, 0.15) is 0 Å². The third-order valence-corrected chi connectivity index (χ3v) is 5.27. The number of hydrogen-bond donors (Lipinski definition) is 1. The fourth-order valence-electron chi connectivity index (χ4n) is 4.06. The van der Waals surface area contributed by atoms with Crippen LogP contribution in [-0.2, 0) is 4.74 Å². The van der Waals surface area contributed by atoms with Crippen LogP contribution in [0.3, 0.4) is 0 Å². The molecule has 0 amide bonds. The van der Waals surface area contributed by atoms with Gasteiger partial charge in [-0.1, -0.05) is 26.7 Å². The van der Waals surface area contributed by atoms with Gasteiger partial charge in [0, 0.05) is 31.8 Å². The van der Waals surface area contributed by atoms with Gasteiger partial charge in [0.25, 0.3) is 0 Å². The molecule has 0 aromatic heterocycles. The molecular weight excluding hydrogens is 260 g/mol. The summed E-state index contributed by atoms with van der Waals surface area (Å²) in [4.78, 5) is 2.79. The molecule has 0 aliphatic heterocycles. The van der Waals surface area contributed by atoms with Gasteiger partial charge in [-0.2, -0.15) is 0 Å². The van der Waals surface area contributed by atoms with Crippen molar-refractivity contribution < 1.29 is 4.74 Å². The number of ether oxygens (including phenoxy) is 1. The highest BCUT2D eigenvalue weighted by Gasteiger charge is 2.40. The maximum absolute atomic E-state index is 5.37. The Hall–Kier alpha value is -0.120. The predicted molar refractivity (Wildman–Crippen MR) is 89.7 cm³/mol. The van der Waals surface area contributed by atoms with E-state index >= 15 is 0 Å². The quantitative estimate of drug-likeness (QED) is 0.668. The number of methoxy groups -OCH3 is 1. The molecule has 0 bridgehead atoms. The molecule has 21 heavy (non-hydrogen) atoms. The van der Waals surface area contributed by atoms with E-state index in [1.165, 1.54) is 57.9 Å². The minimum atomic E-state index is 0.704. The Morgan fingerprint density at radius 3 is 2.52 bits per heavy atom. The van der Waals surface area contributed by atoms with Crippen LogP contribution in [0.2, 0.25) is 0 Å². The summed E-state index contributed by atoms with van der Waals surface area (Å²) in [6.45, 7) is 7.78. The van der Waals surface area contributed by atoms with Crippen molar-refractivity contribution in [2.75, 3.05) is 26.8 Å². The zero-order valence-corrected chi connectivity index (χ0v) is 14.4. The van der Waals surface area contributed by atoms with E-state index in [4.69, 9.17) is 4.74 Å². The van der Waals surface area contributed by atoms with Crippen LogP contribution in [-0.4, -0.2) is 49.8 Å². The summed E-state index contributed by atoms with van der Waals surface area (Å²) in [5, 5.41) is 3.84. The molecule has 2 aliphatic rings. The van der Waals surface area contributed by atoms with Gasteiger partial charge < -0.3 is 10.1 Å². The van der Waals surface area contributed by atoms with Crippen LogP contribution in [0.15, 0.2) is 0 Å². The molecule has 2 saturated carbocycles. The zero-order valence-electron chi connectivity index (χ0n) is 14.4. The first kappa shape index (κ1) is 17.2. The average Bonchev–Trinajstić information content (AvgIpc) is 3.32. The Morgan fingerprint density at radius 2 is 1.90 bits per heavy atom. The van der Waals surface area contributed by atoms with Crippen LogP contribution in [0.4, 0.5) is 0 Å². The van der Waals surface area contributed by atoms with E-state index in [-0.39, 0.29) is 0 Å². The van der Waals surface area contributed by atoms with E-state index in [0.29, 0.717) is 6.04 Å². The molecule has 0 heterocycles. The number of nitrogens with one attached hydrogen (secondary N) is 1. The van der Waals surface area contributed by atoms with E-state index in [1.54, 1.807) is 0 Å². The molecule has 124 valence electrons. The van der Waals surface area contributed by atoms with E-state index in [1.807, 2.05) is 7.11 Å². The van der Waals surface area contributed by atoms with Crippen LogP contribution >= 0.6 is 0 Å². The van der Waals surface area contributed by atoms with Crippen LogP contribution in [0.1, 0.15) is 65.2 Å². The summed E-state index contributed by atoms with van der Waals surface area (Å²) in [6.07, 6.45) is 11.0. The average molecular weight is 296 g/mol. The molecular formula is C18H36N2O. The SMILES string of the molecule is CCCNC1CCC(CCC)CC1N(CCOC)C1CC1. The second-order valence-corrected chi connectivity index (χ2v) is 7.06. The van der Waals surface area contributed by atoms with E-state index in [2.05, 4.69) is 24.1 Å². The van der Waals surface area contributed by atoms with Crippen LogP contribution in [0.5, 0.6) is 0 Å². The van der Waals surface area contributed by atoms with Crippen molar-refractivity contribution in [3.8, 4) is 0 Å². The molecule has 2 fully saturated rings. The van der Waals surface area contributed by atoms with Crippen LogP contribution in [0, 0.1) is 5.92 Å². The van der Waals surface area contributed by atoms with Crippen molar-refractivity contribution in [2.45, 2.75) is 83.3 Å². The van der Waals surface area contributed by atoms with Gasteiger partial charge in [-0.3, -0.25) is 4.90 Å². The fourth-order valence-corrected chi connectivity index (χ4v) is 4.06. The second kappa shape index (κ2) is 9.12. The van der Waals surface area contributed by atoms with E-state index in [0.717, 1.165) is 31.2 Å². The molecule has 0 aromatic rings. The lowest BCUT2D eigenvalue weighted by molar-refractivity contribution is 0.0604. The van der Waals surface area contributed by atoms with E-state index in [9.17, 15) is 0 Å². The second-order valence-electron chi connectivity index (χ2n) is 7.06. The van der Waals surface area contributed by atoms with Gasteiger partial charge in [-0.25, -0.2) is 0 Å². The third-order valence-electron chi connectivity index (χ3n) is 5.27. The molecule has 3 nitrogen and oxygen atoms in total. The first-order valence-corrected chi connectivity index (χ1v) is 9.28. The molecule has 0 aromatic carbocycles.